The molecule has 0 fully saturated rings. The molecule has 1 aliphatic carbocycles. The standard InChI is InChI=1S/C19H20F2N4O/c1-9-3-5-14-12(7-9)13-8-11(4-6-15(13)22-14)19(26)23-16-10(2)24-25-17(16)18(20)21/h4,6,8-9,18,22H,3,5,7H2,1-2H3,(H,23,26)(H,24,25). The van der Waals surface area contributed by atoms with E-state index in [1.807, 2.05) is 12.1 Å². The van der Waals surface area contributed by atoms with E-state index in [9.17, 15) is 13.6 Å². The highest BCUT2D eigenvalue weighted by Crippen LogP contribution is 2.33. The molecule has 0 spiro atoms. The first kappa shape index (κ1) is 16.8. The zero-order valence-electron chi connectivity index (χ0n) is 14.6. The van der Waals surface area contributed by atoms with E-state index in [0.29, 0.717) is 17.2 Å². The number of aromatic nitrogens is 3. The highest BCUT2D eigenvalue weighted by atomic mass is 19.3. The van der Waals surface area contributed by atoms with Gasteiger partial charge in [-0.2, -0.15) is 5.10 Å². The van der Waals surface area contributed by atoms with Gasteiger partial charge in [0.05, 0.1) is 11.4 Å². The molecule has 2 heterocycles. The number of fused-ring (bicyclic) bond motifs is 3. The largest absolute Gasteiger partial charge is 0.358 e. The van der Waals surface area contributed by atoms with Crippen molar-refractivity contribution in [1.29, 1.82) is 0 Å². The number of aromatic amines is 2. The van der Waals surface area contributed by atoms with E-state index in [1.165, 1.54) is 11.3 Å². The Labute approximate surface area is 149 Å². The molecule has 1 unspecified atom stereocenters. The molecule has 0 saturated heterocycles. The maximum absolute atomic E-state index is 13.0. The average Bonchev–Trinajstić information content (AvgIpc) is 3.15. The topological polar surface area (TPSA) is 73.6 Å². The van der Waals surface area contributed by atoms with Gasteiger partial charge in [-0.05, 0) is 55.9 Å². The number of nitrogens with one attached hydrogen (secondary N) is 3. The third kappa shape index (κ3) is 2.77. The summed E-state index contributed by atoms with van der Waals surface area (Å²) in [5.74, 6) is 0.193. The Morgan fingerprint density at radius 1 is 1.38 bits per heavy atom. The maximum Gasteiger partial charge on any atom is 0.284 e. The van der Waals surface area contributed by atoms with Crippen molar-refractivity contribution in [3.63, 3.8) is 0 Å². The Balaban J connectivity index is 1.68. The van der Waals surface area contributed by atoms with Crippen LogP contribution in [0.4, 0.5) is 14.5 Å². The molecule has 1 aromatic carbocycles. The summed E-state index contributed by atoms with van der Waals surface area (Å²) < 4.78 is 26.1. The van der Waals surface area contributed by atoms with Crippen LogP contribution in [-0.2, 0) is 12.8 Å². The first-order valence-electron chi connectivity index (χ1n) is 8.72. The summed E-state index contributed by atoms with van der Waals surface area (Å²) in [6.45, 7) is 3.83. The van der Waals surface area contributed by atoms with Gasteiger partial charge in [0.1, 0.15) is 0 Å². The normalized spacial score (nSPS) is 16.9. The van der Waals surface area contributed by atoms with Crippen molar-refractivity contribution in [2.24, 2.45) is 5.92 Å². The Morgan fingerprint density at radius 2 is 2.19 bits per heavy atom. The second kappa shape index (κ2) is 6.23. The van der Waals surface area contributed by atoms with Gasteiger partial charge in [-0.3, -0.25) is 9.89 Å². The number of amides is 1. The number of hydrogen-bond acceptors (Lipinski definition) is 2. The highest BCUT2D eigenvalue weighted by molar-refractivity contribution is 6.07. The monoisotopic (exact) mass is 358 g/mol. The van der Waals surface area contributed by atoms with Crippen molar-refractivity contribution in [3.8, 4) is 0 Å². The number of aryl methyl sites for hydroxylation is 2. The van der Waals surface area contributed by atoms with E-state index in [4.69, 9.17) is 0 Å². The van der Waals surface area contributed by atoms with Crippen molar-refractivity contribution in [2.45, 2.75) is 39.5 Å². The van der Waals surface area contributed by atoms with Gasteiger partial charge in [-0.25, -0.2) is 8.78 Å². The quantitative estimate of drug-likeness (QED) is 0.644. The first-order valence-corrected chi connectivity index (χ1v) is 8.72. The SMILES string of the molecule is Cc1[nH]nc(C(F)F)c1NC(=O)c1ccc2[nH]c3c(c2c1)CC(C)CC3. The summed E-state index contributed by atoms with van der Waals surface area (Å²) in [5, 5.41) is 9.69. The van der Waals surface area contributed by atoms with E-state index in [1.54, 1.807) is 13.0 Å². The number of benzene rings is 1. The molecule has 0 aliphatic heterocycles. The molecule has 1 aliphatic rings. The number of hydrogen-bond donors (Lipinski definition) is 3. The molecule has 7 heteroatoms. The van der Waals surface area contributed by atoms with Crippen LogP contribution < -0.4 is 5.32 Å². The van der Waals surface area contributed by atoms with Crippen LogP contribution in [0.5, 0.6) is 0 Å². The molecule has 2 aromatic heterocycles. The second-order valence-electron chi connectivity index (χ2n) is 7.05. The zero-order valence-corrected chi connectivity index (χ0v) is 14.6. The molecule has 4 rings (SSSR count). The van der Waals surface area contributed by atoms with E-state index in [2.05, 4.69) is 27.4 Å². The Morgan fingerprint density at radius 3 is 2.96 bits per heavy atom. The van der Waals surface area contributed by atoms with Gasteiger partial charge in [0.2, 0.25) is 0 Å². The molecule has 0 saturated carbocycles. The maximum atomic E-state index is 13.0. The van der Waals surface area contributed by atoms with Gasteiger partial charge in [0, 0.05) is 22.2 Å². The lowest BCUT2D eigenvalue weighted by Gasteiger charge is -2.18. The smallest absolute Gasteiger partial charge is 0.284 e. The third-order valence-corrected chi connectivity index (χ3v) is 5.12. The number of rotatable bonds is 3. The van der Waals surface area contributed by atoms with Crippen LogP contribution in [0, 0.1) is 12.8 Å². The fourth-order valence-electron chi connectivity index (χ4n) is 3.68. The summed E-state index contributed by atoms with van der Waals surface area (Å²) in [7, 11) is 0. The number of anilines is 1. The van der Waals surface area contributed by atoms with Gasteiger partial charge in [0.15, 0.2) is 5.69 Å². The first-order chi connectivity index (χ1) is 12.4. The van der Waals surface area contributed by atoms with Crippen molar-refractivity contribution in [2.75, 3.05) is 5.32 Å². The van der Waals surface area contributed by atoms with Crippen molar-refractivity contribution in [3.05, 3.63) is 46.4 Å². The summed E-state index contributed by atoms with van der Waals surface area (Å²) >= 11 is 0. The number of alkyl halides is 2. The van der Waals surface area contributed by atoms with E-state index < -0.39 is 18.0 Å². The molecule has 26 heavy (non-hydrogen) atoms. The number of nitrogens with zero attached hydrogens (tertiary/aromatic N) is 1. The molecule has 136 valence electrons. The van der Waals surface area contributed by atoms with E-state index in [0.717, 1.165) is 30.2 Å². The van der Waals surface area contributed by atoms with Gasteiger partial charge < -0.3 is 10.3 Å². The minimum atomic E-state index is -2.75. The van der Waals surface area contributed by atoms with Crippen LogP contribution in [0.25, 0.3) is 10.9 Å². The second-order valence-corrected chi connectivity index (χ2v) is 7.05. The molecule has 3 N–H and O–H groups in total. The van der Waals surface area contributed by atoms with Gasteiger partial charge in [-0.15, -0.1) is 0 Å². The molecule has 5 nitrogen and oxygen atoms in total. The fourth-order valence-corrected chi connectivity index (χ4v) is 3.68. The Bertz CT molecular complexity index is 989. The minimum Gasteiger partial charge on any atom is -0.358 e. The molecular formula is C19H20F2N4O. The van der Waals surface area contributed by atoms with Crippen LogP contribution in [0.15, 0.2) is 18.2 Å². The van der Waals surface area contributed by atoms with Crippen LogP contribution in [-0.4, -0.2) is 21.1 Å². The molecule has 1 amide bonds. The number of carbonyl (C=O) groups is 1. The lowest BCUT2D eigenvalue weighted by Crippen LogP contribution is -2.14. The van der Waals surface area contributed by atoms with Crippen molar-refractivity contribution < 1.29 is 13.6 Å². The van der Waals surface area contributed by atoms with Gasteiger partial charge >= 0.3 is 0 Å². The summed E-state index contributed by atoms with van der Waals surface area (Å²) in [4.78, 5) is 16.1. The minimum absolute atomic E-state index is 0.0508. The lowest BCUT2D eigenvalue weighted by molar-refractivity contribution is 0.102. The van der Waals surface area contributed by atoms with Crippen LogP contribution in [0.3, 0.4) is 0 Å². The fraction of sp³-hybridized carbons (Fsp3) is 0.368. The van der Waals surface area contributed by atoms with Crippen LogP contribution >= 0.6 is 0 Å². The van der Waals surface area contributed by atoms with Crippen molar-refractivity contribution >= 4 is 22.5 Å². The third-order valence-electron chi connectivity index (χ3n) is 5.12. The van der Waals surface area contributed by atoms with Crippen LogP contribution in [0.1, 0.15) is 52.8 Å². The van der Waals surface area contributed by atoms with Gasteiger partial charge in [0.25, 0.3) is 12.3 Å². The summed E-state index contributed by atoms with van der Waals surface area (Å²) in [5.41, 5.74) is 3.97. The zero-order chi connectivity index (χ0) is 18.4. The highest BCUT2D eigenvalue weighted by Gasteiger charge is 2.23. The van der Waals surface area contributed by atoms with Crippen molar-refractivity contribution in [1.82, 2.24) is 15.2 Å². The Kier molecular flexibility index (Phi) is 4.01. The number of carbonyl (C=O) groups excluding carboxylic acids is 1. The molecular weight excluding hydrogens is 338 g/mol. The molecule has 0 bridgehead atoms. The number of halogens is 2. The van der Waals surface area contributed by atoms with Crippen LogP contribution in [0.2, 0.25) is 0 Å². The lowest BCUT2D eigenvalue weighted by atomic mass is 9.87. The van der Waals surface area contributed by atoms with E-state index >= 15 is 0 Å². The Hall–Kier alpha value is -2.70. The summed E-state index contributed by atoms with van der Waals surface area (Å²) in [6, 6.07) is 5.43. The van der Waals surface area contributed by atoms with Gasteiger partial charge in [-0.1, -0.05) is 6.92 Å². The molecule has 3 aromatic rings. The number of H-pyrrole nitrogens is 2. The predicted octanol–water partition coefficient (Wildman–Crippen LogP) is 4.51. The average molecular weight is 358 g/mol. The predicted molar refractivity (Wildman–Crippen MR) is 95.7 cm³/mol. The molecule has 0 radical (unpaired) electrons. The summed E-state index contributed by atoms with van der Waals surface area (Å²) in [6.07, 6.45) is 0.398. The molecule has 1 atom stereocenters. The van der Waals surface area contributed by atoms with E-state index in [-0.39, 0.29) is 5.69 Å².